The number of urea groups is 1. The molecule has 0 bridgehead atoms. The molecule has 0 spiro atoms. The third-order valence-electron chi connectivity index (χ3n) is 3.45. The summed E-state index contributed by atoms with van der Waals surface area (Å²) >= 11 is 1.19. The van der Waals surface area contributed by atoms with Crippen LogP contribution in [0.1, 0.15) is 22.3 Å². The largest absolute Gasteiger partial charge is 0.480 e. The van der Waals surface area contributed by atoms with E-state index in [2.05, 4.69) is 5.32 Å². The highest BCUT2D eigenvalue weighted by atomic mass is 32.1. The van der Waals surface area contributed by atoms with Crippen molar-refractivity contribution in [2.24, 2.45) is 17.2 Å². The molecule has 8 N–H and O–H groups in total. The van der Waals surface area contributed by atoms with E-state index in [4.69, 9.17) is 22.3 Å². The third kappa shape index (κ3) is 4.91. The lowest BCUT2D eigenvalue weighted by Gasteiger charge is -2.01. The van der Waals surface area contributed by atoms with Crippen LogP contribution in [0.4, 0.5) is 9.80 Å². The molecule has 0 aliphatic rings. The number of anilines is 1. The van der Waals surface area contributed by atoms with E-state index >= 15 is 0 Å². The lowest BCUT2D eigenvalue weighted by molar-refractivity contribution is -0.138. The molecule has 0 saturated carbocycles. The van der Waals surface area contributed by atoms with Crippen LogP contribution in [-0.2, 0) is 4.79 Å². The van der Waals surface area contributed by atoms with Crippen LogP contribution in [0.3, 0.4) is 0 Å². The molecule has 0 saturated heterocycles. The van der Waals surface area contributed by atoms with Crippen molar-refractivity contribution in [3.63, 3.8) is 0 Å². The zero-order valence-corrected chi connectivity index (χ0v) is 14.5. The number of rotatable bonds is 7. The number of hydrogen-bond acceptors (Lipinski definition) is 5. The van der Waals surface area contributed by atoms with Crippen molar-refractivity contribution in [2.45, 2.75) is 12.5 Å². The second-order valence-electron chi connectivity index (χ2n) is 5.41. The Morgan fingerprint density at radius 1 is 1.19 bits per heavy atom. The molecule has 0 aliphatic carbocycles. The highest BCUT2D eigenvalue weighted by Crippen LogP contribution is 2.35. The van der Waals surface area contributed by atoms with Gasteiger partial charge in [-0.2, -0.15) is 0 Å². The van der Waals surface area contributed by atoms with Gasteiger partial charge >= 0.3 is 12.0 Å². The Morgan fingerprint density at radius 3 is 2.38 bits per heavy atom. The number of carbonyl (C=O) groups excluding carboxylic acids is 2. The molecule has 136 valence electrons. The molecule has 1 aromatic heterocycles. The van der Waals surface area contributed by atoms with Crippen molar-refractivity contribution < 1.29 is 19.5 Å². The van der Waals surface area contributed by atoms with E-state index in [1.807, 2.05) is 24.3 Å². The van der Waals surface area contributed by atoms with E-state index in [-0.39, 0.29) is 12.0 Å². The fraction of sp³-hybridized carbons (Fsp3) is 0.118. The van der Waals surface area contributed by atoms with Crippen LogP contribution in [0.25, 0.3) is 16.5 Å². The third-order valence-corrected chi connectivity index (χ3v) is 4.55. The van der Waals surface area contributed by atoms with Crippen LogP contribution in [0.2, 0.25) is 0 Å². The van der Waals surface area contributed by atoms with E-state index in [9.17, 15) is 14.4 Å². The van der Waals surface area contributed by atoms with Crippen molar-refractivity contribution in [1.29, 1.82) is 0 Å². The molecule has 8 nitrogen and oxygen atoms in total. The molecule has 1 heterocycles. The normalized spacial score (nSPS) is 12.0. The quantitative estimate of drug-likeness (QED) is 0.498. The molecule has 2 aromatic rings. The number of nitrogens with one attached hydrogen (secondary N) is 1. The Kier molecular flexibility index (Phi) is 6.10. The van der Waals surface area contributed by atoms with E-state index in [1.54, 1.807) is 18.2 Å². The number of carbonyl (C=O) groups is 3. The number of nitrogens with two attached hydrogens (primary N) is 3. The van der Waals surface area contributed by atoms with Gasteiger partial charge in [0, 0.05) is 4.88 Å². The SMILES string of the molecule is NC(=O)Nc1sc(-c2ccc(/C=C/C[C@@H](N)C(=O)O)cc2)cc1C(N)=O. The van der Waals surface area contributed by atoms with Gasteiger partial charge in [-0.25, -0.2) is 4.79 Å². The fourth-order valence-electron chi connectivity index (χ4n) is 2.13. The molecule has 3 amide bonds. The standard InChI is InChI=1S/C17H18N4O4S/c18-12(16(23)24)3-1-2-9-4-6-10(7-5-9)13-8-11(14(19)22)15(26-13)21-17(20)25/h1-2,4-8,12H,3,18H2,(H2,19,22)(H,23,24)(H3,20,21,25)/b2-1+/t12-/m1/s1. The Bertz CT molecular complexity index is 858. The second-order valence-corrected chi connectivity index (χ2v) is 6.46. The maximum atomic E-state index is 11.5. The van der Waals surface area contributed by atoms with E-state index in [0.717, 1.165) is 16.0 Å². The summed E-state index contributed by atoms with van der Waals surface area (Å²) < 4.78 is 0. The topological polar surface area (TPSA) is 162 Å². The minimum atomic E-state index is -1.05. The molecule has 0 unspecified atom stereocenters. The van der Waals surface area contributed by atoms with E-state index in [0.29, 0.717) is 5.00 Å². The van der Waals surface area contributed by atoms with Gasteiger partial charge in [-0.1, -0.05) is 36.4 Å². The van der Waals surface area contributed by atoms with Gasteiger partial charge in [-0.3, -0.25) is 14.9 Å². The first-order valence-electron chi connectivity index (χ1n) is 7.53. The Labute approximate surface area is 153 Å². The zero-order chi connectivity index (χ0) is 19.3. The van der Waals surface area contributed by atoms with Gasteiger partial charge in [0.1, 0.15) is 11.0 Å². The van der Waals surface area contributed by atoms with Gasteiger partial charge in [-0.15, -0.1) is 11.3 Å². The fourth-order valence-corrected chi connectivity index (χ4v) is 3.20. The average Bonchev–Trinajstić information content (AvgIpc) is 2.98. The van der Waals surface area contributed by atoms with Crippen molar-refractivity contribution in [3.05, 3.63) is 47.5 Å². The molecule has 1 atom stereocenters. The predicted molar refractivity (Wildman–Crippen MR) is 101 cm³/mol. The minimum absolute atomic E-state index is 0.190. The number of carboxylic acid groups (broad SMARTS) is 1. The first-order chi connectivity index (χ1) is 12.3. The van der Waals surface area contributed by atoms with Crippen LogP contribution >= 0.6 is 11.3 Å². The van der Waals surface area contributed by atoms with Gasteiger partial charge < -0.3 is 22.3 Å². The van der Waals surface area contributed by atoms with Crippen LogP contribution in [-0.4, -0.2) is 29.1 Å². The number of primary amides is 2. The molecule has 0 fully saturated rings. The summed E-state index contributed by atoms with van der Waals surface area (Å²) in [6.07, 6.45) is 3.70. The number of thiophene rings is 1. The first-order valence-corrected chi connectivity index (χ1v) is 8.35. The minimum Gasteiger partial charge on any atom is -0.480 e. The summed E-state index contributed by atoms with van der Waals surface area (Å²) in [6, 6.07) is 7.23. The van der Waals surface area contributed by atoms with Gasteiger partial charge in [0.2, 0.25) is 0 Å². The Balaban J connectivity index is 2.17. The van der Waals surface area contributed by atoms with Crippen LogP contribution in [0.5, 0.6) is 0 Å². The summed E-state index contributed by atoms with van der Waals surface area (Å²) in [6.45, 7) is 0. The Hall–Kier alpha value is -3.17. The molecular weight excluding hydrogens is 356 g/mol. The molecular formula is C17H18N4O4S. The van der Waals surface area contributed by atoms with Gasteiger partial charge in [0.05, 0.1) is 5.56 Å². The number of amides is 3. The Morgan fingerprint density at radius 2 is 1.85 bits per heavy atom. The maximum absolute atomic E-state index is 11.5. The lowest BCUT2D eigenvalue weighted by atomic mass is 10.1. The van der Waals surface area contributed by atoms with Crippen LogP contribution in [0.15, 0.2) is 36.4 Å². The maximum Gasteiger partial charge on any atom is 0.320 e. The number of benzene rings is 1. The molecule has 0 aliphatic heterocycles. The van der Waals surface area contributed by atoms with Gasteiger partial charge in [0.15, 0.2) is 0 Å². The summed E-state index contributed by atoms with van der Waals surface area (Å²) in [7, 11) is 0. The monoisotopic (exact) mass is 374 g/mol. The molecule has 0 radical (unpaired) electrons. The summed E-state index contributed by atoms with van der Waals surface area (Å²) in [4.78, 5) is 33.9. The summed E-state index contributed by atoms with van der Waals surface area (Å²) in [5.74, 6) is -1.71. The average molecular weight is 374 g/mol. The second kappa shape index (κ2) is 8.28. The molecule has 9 heteroatoms. The van der Waals surface area contributed by atoms with Gasteiger partial charge in [-0.05, 0) is 23.6 Å². The van der Waals surface area contributed by atoms with Gasteiger partial charge in [0.25, 0.3) is 5.91 Å². The van der Waals surface area contributed by atoms with E-state index in [1.165, 1.54) is 11.3 Å². The highest BCUT2D eigenvalue weighted by Gasteiger charge is 2.16. The van der Waals surface area contributed by atoms with Crippen molar-refractivity contribution >= 4 is 40.3 Å². The van der Waals surface area contributed by atoms with E-state index < -0.39 is 23.9 Å². The summed E-state index contributed by atoms with van der Waals surface area (Å²) in [5, 5.41) is 11.4. The molecule has 26 heavy (non-hydrogen) atoms. The molecule has 2 rings (SSSR count). The van der Waals surface area contributed by atoms with Crippen molar-refractivity contribution in [1.82, 2.24) is 0 Å². The number of hydrogen-bond donors (Lipinski definition) is 5. The summed E-state index contributed by atoms with van der Waals surface area (Å²) in [5.41, 5.74) is 17.7. The first kappa shape index (κ1) is 19.2. The smallest absolute Gasteiger partial charge is 0.320 e. The molecule has 1 aromatic carbocycles. The zero-order valence-electron chi connectivity index (χ0n) is 13.6. The number of carboxylic acids is 1. The predicted octanol–water partition coefficient (Wildman–Crippen LogP) is 1.82. The number of aliphatic carboxylic acids is 1. The van der Waals surface area contributed by atoms with Crippen LogP contribution in [0, 0.1) is 0 Å². The van der Waals surface area contributed by atoms with Crippen LogP contribution < -0.4 is 22.5 Å². The highest BCUT2D eigenvalue weighted by molar-refractivity contribution is 7.20. The van der Waals surface area contributed by atoms with Crippen molar-refractivity contribution in [2.75, 3.05) is 5.32 Å². The van der Waals surface area contributed by atoms with Crippen molar-refractivity contribution in [3.8, 4) is 10.4 Å². The lowest BCUT2D eigenvalue weighted by Crippen LogP contribution is -2.29.